The van der Waals surface area contributed by atoms with Gasteiger partial charge in [0, 0.05) is 16.0 Å². The standard InChI is InChI=1S/C13H12N2/c1-3-6-11-10(2)15(9-14)13-8-5-4-7-12(11)13/h3-9,14H,1-2H2/b11-6+,14-9?. The van der Waals surface area contributed by atoms with Crippen molar-refractivity contribution in [2.45, 2.75) is 0 Å². The van der Waals surface area contributed by atoms with Crippen LogP contribution in [0.4, 0.5) is 0 Å². The van der Waals surface area contributed by atoms with Crippen LogP contribution in [-0.2, 0) is 0 Å². The van der Waals surface area contributed by atoms with Crippen LogP contribution in [0.5, 0.6) is 0 Å². The molecule has 0 saturated carbocycles. The number of hydrogen-bond acceptors (Lipinski definition) is 1. The third-order valence-corrected chi connectivity index (χ3v) is 2.47. The van der Waals surface area contributed by atoms with Crippen molar-refractivity contribution in [2.24, 2.45) is 0 Å². The van der Waals surface area contributed by atoms with Gasteiger partial charge in [-0.3, -0.25) is 5.41 Å². The van der Waals surface area contributed by atoms with Crippen LogP contribution in [0.3, 0.4) is 0 Å². The second-order valence-electron chi connectivity index (χ2n) is 3.28. The van der Waals surface area contributed by atoms with Crippen LogP contribution in [0.2, 0.25) is 0 Å². The van der Waals surface area contributed by atoms with Gasteiger partial charge in [-0.2, -0.15) is 0 Å². The average molecular weight is 196 g/mol. The van der Waals surface area contributed by atoms with Crippen molar-refractivity contribution in [1.29, 1.82) is 5.41 Å². The molecule has 1 heterocycles. The van der Waals surface area contributed by atoms with E-state index in [-0.39, 0.29) is 0 Å². The van der Waals surface area contributed by atoms with Gasteiger partial charge >= 0.3 is 0 Å². The minimum absolute atomic E-state index is 0.825. The fourth-order valence-electron chi connectivity index (χ4n) is 1.79. The molecule has 0 unspecified atom stereocenters. The molecular formula is C13H12N2. The quantitative estimate of drug-likeness (QED) is 0.557. The van der Waals surface area contributed by atoms with Gasteiger partial charge in [0.2, 0.25) is 0 Å². The summed E-state index contributed by atoms with van der Waals surface area (Å²) in [5.74, 6) is 0. The van der Waals surface area contributed by atoms with Crippen LogP contribution in [0.1, 0.15) is 0 Å². The number of nitrogens with one attached hydrogen (secondary N) is 1. The van der Waals surface area contributed by atoms with E-state index in [9.17, 15) is 0 Å². The Labute approximate surface area is 88.0 Å². The van der Waals surface area contributed by atoms with E-state index in [1.807, 2.05) is 30.3 Å². The lowest BCUT2D eigenvalue weighted by Gasteiger charge is -1.93. The van der Waals surface area contributed by atoms with Crippen molar-refractivity contribution in [1.82, 2.24) is 4.57 Å². The molecule has 0 saturated heterocycles. The van der Waals surface area contributed by atoms with E-state index >= 15 is 0 Å². The van der Waals surface area contributed by atoms with Crippen LogP contribution in [0, 0.1) is 5.41 Å². The number of para-hydroxylation sites is 1. The average Bonchev–Trinajstić information content (AvgIpc) is 2.53. The Morgan fingerprint density at radius 1 is 1.27 bits per heavy atom. The highest BCUT2D eigenvalue weighted by Gasteiger charge is 2.02. The maximum Gasteiger partial charge on any atom is 0.0908 e. The molecule has 2 heteroatoms. The van der Waals surface area contributed by atoms with Crippen molar-refractivity contribution < 1.29 is 0 Å². The zero-order valence-corrected chi connectivity index (χ0v) is 8.40. The predicted molar refractivity (Wildman–Crippen MR) is 65.6 cm³/mol. The number of hydrogen-bond donors (Lipinski definition) is 1. The highest BCUT2D eigenvalue weighted by atomic mass is 15.0. The van der Waals surface area contributed by atoms with Gasteiger partial charge in [-0.05, 0) is 6.07 Å². The Morgan fingerprint density at radius 2 is 2.00 bits per heavy atom. The van der Waals surface area contributed by atoms with Gasteiger partial charge in [0.25, 0.3) is 0 Å². The first-order chi connectivity index (χ1) is 7.29. The molecule has 0 amide bonds. The molecule has 0 aliphatic heterocycles. The van der Waals surface area contributed by atoms with Crippen molar-refractivity contribution >= 4 is 29.9 Å². The zero-order chi connectivity index (χ0) is 10.8. The van der Waals surface area contributed by atoms with Crippen LogP contribution in [0.25, 0.3) is 23.6 Å². The largest absolute Gasteiger partial charge is 0.301 e. The number of nitrogens with zero attached hydrogens (tertiary/aromatic N) is 1. The SMILES string of the molecule is C=C/C=c1\c(=C)n(C=N)c2ccccc12. The first kappa shape index (κ1) is 9.46. The lowest BCUT2D eigenvalue weighted by atomic mass is 10.2. The third-order valence-electron chi connectivity index (χ3n) is 2.47. The first-order valence-corrected chi connectivity index (χ1v) is 4.71. The fourth-order valence-corrected chi connectivity index (χ4v) is 1.79. The summed E-state index contributed by atoms with van der Waals surface area (Å²) in [6.45, 7) is 7.67. The Balaban J connectivity index is 3.11. The molecule has 15 heavy (non-hydrogen) atoms. The molecule has 0 fully saturated rings. The van der Waals surface area contributed by atoms with E-state index in [0.717, 1.165) is 21.5 Å². The summed E-state index contributed by atoms with van der Waals surface area (Å²) < 4.78 is 1.77. The molecule has 0 bridgehead atoms. The van der Waals surface area contributed by atoms with Crippen LogP contribution in [0.15, 0.2) is 36.9 Å². The van der Waals surface area contributed by atoms with E-state index in [2.05, 4.69) is 13.2 Å². The van der Waals surface area contributed by atoms with E-state index < -0.39 is 0 Å². The maximum absolute atomic E-state index is 7.37. The van der Waals surface area contributed by atoms with Crippen LogP contribution < -0.4 is 10.6 Å². The highest BCUT2D eigenvalue weighted by Crippen LogP contribution is 2.06. The zero-order valence-electron chi connectivity index (χ0n) is 8.40. The first-order valence-electron chi connectivity index (χ1n) is 4.71. The smallest absolute Gasteiger partial charge is 0.0908 e. The molecule has 1 aromatic heterocycles. The molecule has 2 rings (SSSR count). The van der Waals surface area contributed by atoms with Crippen molar-refractivity contribution in [3.8, 4) is 0 Å². The Morgan fingerprint density at radius 3 is 2.67 bits per heavy atom. The Hall–Kier alpha value is -2.09. The minimum Gasteiger partial charge on any atom is -0.301 e. The molecule has 0 spiro atoms. The molecule has 0 aliphatic rings. The molecule has 74 valence electrons. The van der Waals surface area contributed by atoms with Crippen LogP contribution in [-0.4, -0.2) is 10.9 Å². The van der Waals surface area contributed by atoms with Gasteiger partial charge in [0.15, 0.2) is 0 Å². The second kappa shape index (κ2) is 3.58. The number of fused-ring (bicyclic) bond motifs is 1. The Kier molecular flexibility index (Phi) is 2.26. The summed E-state index contributed by atoms with van der Waals surface area (Å²) in [4.78, 5) is 0. The Bertz CT molecular complexity index is 632. The topological polar surface area (TPSA) is 28.8 Å². The van der Waals surface area contributed by atoms with Gasteiger partial charge < -0.3 is 4.57 Å². The summed E-state index contributed by atoms with van der Waals surface area (Å²) in [5, 5.41) is 10.3. The van der Waals surface area contributed by atoms with Gasteiger partial charge in [-0.25, -0.2) is 0 Å². The monoisotopic (exact) mass is 196 g/mol. The van der Waals surface area contributed by atoms with Crippen molar-refractivity contribution in [3.63, 3.8) is 0 Å². The summed E-state index contributed by atoms with van der Waals surface area (Å²) in [5.41, 5.74) is 1.01. The molecular weight excluding hydrogens is 184 g/mol. The van der Waals surface area contributed by atoms with E-state index in [1.54, 1.807) is 10.6 Å². The van der Waals surface area contributed by atoms with E-state index in [1.165, 1.54) is 6.34 Å². The van der Waals surface area contributed by atoms with Crippen molar-refractivity contribution in [3.05, 3.63) is 47.5 Å². The summed E-state index contributed by atoms with van der Waals surface area (Å²) in [6, 6.07) is 7.95. The molecule has 0 aliphatic carbocycles. The number of rotatable bonds is 2. The maximum atomic E-state index is 7.37. The molecule has 2 nitrogen and oxygen atoms in total. The molecule has 1 N–H and O–H groups in total. The molecule has 2 aromatic rings. The van der Waals surface area contributed by atoms with E-state index in [0.29, 0.717) is 0 Å². The summed E-state index contributed by atoms with van der Waals surface area (Å²) >= 11 is 0. The highest BCUT2D eigenvalue weighted by molar-refractivity contribution is 5.87. The molecule has 0 atom stereocenters. The van der Waals surface area contributed by atoms with E-state index in [4.69, 9.17) is 5.41 Å². The van der Waals surface area contributed by atoms with Gasteiger partial charge in [-0.15, -0.1) is 0 Å². The lowest BCUT2D eigenvalue weighted by Crippen LogP contribution is -2.26. The molecule has 1 aromatic carbocycles. The molecule has 0 radical (unpaired) electrons. The normalized spacial score (nSPS) is 11.9. The van der Waals surface area contributed by atoms with Gasteiger partial charge in [-0.1, -0.05) is 43.5 Å². The number of aromatic nitrogens is 1. The van der Waals surface area contributed by atoms with Gasteiger partial charge in [0.05, 0.1) is 11.9 Å². The second-order valence-corrected chi connectivity index (χ2v) is 3.28. The summed E-state index contributed by atoms with van der Waals surface area (Å²) in [7, 11) is 0. The van der Waals surface area contributed by atoms with Crippen molar-refractivity contribution in [2.75, 3.05) is 0 Å². The number of allylic oxidation sites excluding steroid dienone is 1. The predicted octanol–water partition coefficient (Wildman–Crippen LogP) is 1.47. The van der Waals surface area contributed by atoms with Crippen LogP contribution >= 0.6 is 0 Å². The summed E-state index contributed by atoms with van der Waals surface area (Å²) in [6.07, 6.45) is 4.94. The minimum atomic E-state index is 0.825. The van der Waals surface area contributed by atoms with Gasteiger partial charge in [0.1, 0.15) is 0 Å². The lowest BCUT2D eigenvalue weighted by molar-refractivity contribution is 1.17. The number of benzene rings is 1. The fraction of sp³-hybridized carbons (Fsp3) is 0. The third kappa shape index (κ3) is 1.31.